The molecule has 0 bridgehead atoms. The summed E-state index contributed by atoms with van der Waals surface area (Å²) in [7, 11) is 0. The molecule has 2 aromatic carbocycles. The van der Waals surface area contributed by atoms with Gasteiger partial charge in [-0.25, -0.2) is 0 Å². The van der Waals surface area contributed by atoms with Gasteiger partial charge in [0, 0.05) is 20.3 Å². The van der Waals surface area contributed by atoms with Crippen LogP contribution in [-0.4, -0.2) is 10.1 Å². The molecule has 0 amide bonds. The third-order valence-electron chi connectivity index (χ3n) is 3.16. The Hall–Kier alpha value is -1.23. The van der Waals surface area contributed by atoms with Crippen LogP contribution in [0.5, 0.6) is 0 Å². The zero-order chi connectivity index (χ0) is 14.1. The summed E-state index contributed by atoms with van der Waals surface area (Å²) in [4.78, 5) is 4.53. The summed E-state index contributed by atoms with van der Waals surface area (Å²) >= 11 is 5.19. The number of aliphatic hydroxyl groups is 1. The second-order valence-electron chi connectivity index (χ2n) is 4.68. The molecule has 0 saturated carbocycles. The molecule has 20 heavy (non-hydrogen) atoms. The second-order valence-corrected chi connectivity index (χ2v) is 6.65. The molecule has 3 aromatic rings. The third-order valence-corrected chi connectivity index (χ3v) is 4.77. The van der Waals surface area contributed by atoms with E-state index in [-0.39, 0.29) is 0 Å². The number of aromatic nitrogens is 1. The molecule has 1 aromatic heterocycles. The molecule has 0 aliphatic carbocycles. The summed E-state index contributed by atoms with van der Waals surface area (Å²) in [6, 6.07) is 16.4. The van der Waals surface area contributed by atoms with Crippen molar-refractivity contribution >= 4 is 38.6 Å². The SMILES string of the molecule is CC(O)c1ccc(Sc2cc3ccccc3[nH]2)cc1Br. The number of halogens is 1. The first kappa shape index (κ1) is 13.7. The van der Waals surface area contributed by atoms with Gasteiger partial charge in [0.2, 0.25) is 0 Å². The van der Waals surface area contributed by atoms with Gasteiger partial charge in [-0.1, -0.05) is 52.0 Å². The molecule has 0 radical (unpaired) electrons. The lowest BCUT2D eigenvalue weighted by molar-refractivity contribution is 0.198. The van der Waals surface area contributed by atoms with Gasteiger partial charge < -0.3 is 10.1 Å². The van der Waals surface area contributed by atoms with Crippen LogP contribution in [0.4, 0.5) is 0 Å². The number of rotatable bonds is 3. The molecule has 0 aliphatic heterocycles. The van der Waals surface area contributed by atoms with Crippen LogP contribution in [0.25, 0.3) is 10.9 Å². The van der Waals surface area contributed by atoms with E-state index >= 15 is 0 Å². The molecule has 4 heteroatoms. The van der Waals surface area contributed by atoms with Gasteiger partial charge in [-0.2, -0.15) is 0 Å². The number of benzene rings is 2. The van der Waals surface area contributed by atoms with E-state index in [9.17, 15) is 5.11 Å². The maximum Gasteiger partial charge on any atom is 0.0780 e. The standard InChI is InChI=1S/C16H14BrNOS/c1-10(19)13-7-6-12(9-14(13)17)20-16-8-11-4-2-3-5-15(11)18-16/h2-10,18-19H,1H3. The molecule has 0 aliphatic rings. The van der Waals surface area contributed by atoms with E-state index in [2.05, 4.69) is 39.1 Å². The number of nitrogens with one attached hydrogen (secondary N) is 1. The van der Waals surface area contributed by atoms with Gasteiger partial charge >= 0.3 is 0 Å². The maximum absolute atomic E-state index is 9.64. The largest absolute Gasteiger partial charge is 0.389 e. The number of fused-ring (bicyclic) bond motifs is 1. The minimum atomic E-state index is -0.462. The van der Waals surface area contributed by atoms with Gasteiger partial charge in [-0.05, 0) is 36.8 Å². The van der Waals surface area contributed by atoms with Crippen LogP contribution in [-0.2, 0) is 0 Å². The van der Waals surface area contributed by atoms with Gasteiger partial charge in [0.25, 0.3) is 0 Å². The van der Waals surface area contributed by atoms with Crippen LogP contribution < -0.4 is 0 Å². The minimum Gasteiger partial charge on any atom is -0.389 e. The summed E-state index contributed by atoms with van der Waals surface area (Å²) in [5, 5.41) is 12.0. The van der Waals surface area contributed by atoms with E-state index in [0.717, 1.165) is 25.5 Å². The maximum atomic E-state index is 9.64. The first-order chi connectivity index (χ1) is 9.63. The Morgan fingerprint density at radius 1 is 1.15 bits per heavy atom. The predicted octanol–water partition coefficient (Wildman–Crippen LogP) is 5.13. The Labute approximate surface area is 130 Å². The molecule has 0 fully saturated rings. The van der Waals surface area contributed by atoms with Crippen molar-refractivity contribution in [1.82, 2.24) is 4.98 Å². The molecule has 0 spiro atoms. The number of aromatic amines is 1. The van der Waals surface area contributed by atoms with Gasteiger partial charge in [0.05, 0.1) is 11.1 Å². The highest BCUT2D eigenvalue weighted by Crippen LogP contribution is 2.33. The first-order valence-electron chi connectivity index (χ1n) is 6.36. The van der Waals surface area contributed by atoms with E-state index in [1.165, 1.54) is 5.39 Å². The summed E-state index contributed by atoms with van der Waals surface area (Å²) in [5.74, 6) is 0. The lowest BCUT2D eigenvalue weighted by Crippen LogP contribution is -1.92. The van der Waals surface area contributed by atoms with Gasteiger partial charge in [-0.3, -0.25) is 0 Å². The van der Waals surface area contributed by atoms with Crippen molar-refractivity contribution in [2.45, 2.75) is 22.9 Å². The molecule has 3 rings (SSSR count). The van der Waals surface area contributed by atoms with E-state index in [1.807, 2.05) is 30.3 Å². The first-order valence-corrected chi connectivity index (χ1v) is 7.97. The van der Waals surface area contributed by atoms with E-state index < -0.39 is 6.10 Å². The van der Waals surface area contributed by atoms with E-state index in [4.69, 9.17) is 0 Å². The molecule has 2 N–H and O–H groups in total. The quantitative estimate of drug-likeness (QED) is 0.688. The molecule has 2 nitrogen and oxygen atoms in total. The lowest BCUT2D eigenvalue weighted by atomic mass is 10.1. The summed E-state index contributed by atoms with van der Waals surface area (Å²) in [6.45, 7) is 1.77. The van der Waals surface area contributed by atoms with Crippen LogP contribution in [0, 0.1) is 0 Å². The summed E-state index contributed by atoms with van der Waals surface area (Å²) < 4.78 is 0.939. The number of aliphatic hydroxyl groups excluding tert-OH is 1. The lowest BCUT2D eigenvalue weighted by Gasteiger charge is -2.08. The Morgan fingerprint density at radius 3 is 2.65 bits per heavy atom. The minimum absolute atomic E-state index is 0.462. The van der Waals surface area contributed by atoms with Crippen molar-refractivity contribution in [2.24, 2.45) is 0 Å². The summed E-state index contributed by atoms with van der Waals surface area (Å²) in [5.41, 5.74) is 2.06. The van der Waals surface area contributed by atoms with Crippen molar-refractivity contribution in [3.05, 3.63) is 58.6 Å². The Bertz CT molecular complexity index is 718. The molecule has 0 saturated heterocycles. The van der Waals surface area contributed by atoms with Gasteiger partial charge in [0.15, 0.2) is 0 Å². The molecular formula is C16H14BrNOS. The van der Waals surface area contributed by atoms with Crippen molar-refractivity contribution in [2.75, 3.05) is 0 Å². The molecule has 1 atom stereocenters. The fourth-order valence-corrected chi connectivity index (χ4v) is 3.91. The zero-order valence-electron chi connectivity index (χ0n) is 10.9. The van der Waals surface area contributed by atoms with E-state index in [1.54, 1.807) is 18.7 Å². The smallest absolute Gasteiger partial charge is 0.0780 e. The fourth-order valence-electron chi connectivity index (χ4n) is 2.14. The van der Waals surface area contributed by atoms with Gasteiger partial charge in [0.1, 0.15) is 0 Å². The normalized spacial score (nSPS) is 12.8. The number of para-hydroxylation sites is 1. The Morgan fingerprint density at radius 2 is 1.95 bits per heavy atom. The monoisotopic (exact) mass is 347 g/mol. The topological polar surface area (TPSA) is 36.0 Å². The van der Waals surface area contributed by atoms with Gasteiger partial charge in [-0.15, -0.1) is 0 Å². The van der Waals surface area contributed by atoms with Crippen molar-refractivity contribution in [1.29, 1.82) is 0 Å². The number of H-pyrrole nitrogens is 1. The molecular weight excluding hydrogens is 334 g/mol. The number of hydrogen-bond acceptors (Lipinski definition) is 2. The Kier molecular flexibility index (Phi) is 3.87. The molecule has 1 unspecified atom stereocenters. The highest BCUT2D eigenvalue weighted by atomic mass is 79.9. The second kappa shape index (κ2) is 5.64. The highest BCUT2D eigenvalue weighted by Gasteiger charge is 2.08. The van der Waals surface area contributed by atoms with Crippen LogP contribution in [0.15, 0.2) is 62.9 Å². The zero-order valence-corrected chi connectivity index (χ0v) is 13.3. The highest BCUT2D eigenvalue weighted by molar-refractivity contribution is 9.10. The average Bonchev–Trinajstić information content (AvgIpc) is 2.80. The number of hydrogen-bond donors (Lipinski definition) is 2. The van der Waals surface area contributed by atoms with Crippen molar-refractivity contribution in [3.63, 3.8) is 0 Å². The average molecular weight is 348 g/mol. The molecule has 1 heterocycles. The van der Waals surface area contributed by atoms with Crippen LogP contribution in [0.2, 0.25) is 0 Å². The fraction of sp³-hybridized carbons (Fsp3) is 0.125. The van der Waals surface area contributed by atoms with Crippen LogP contribution in [0.3, 0.4) is 0 Å². The molecule has 102 valence electrons. The van der Waals surface area contributed by atoms with E-state index in [0.29, 0.717) is 0 Å². The Balaban J connectivity index is 1.89. The van der Waals surface area contributed by atoms with Crippen molar-refractivity contribution < 1.29 is 5.11 Å². The van der Waals surface area contributed by atoms with Crippen LogP contribution in [0.1, 0.15) is 18.6 Å². The third kappa shape index (κ3) is 2.77. The van der Waals surface area contributed by atoms with Crippen LogP contribution >= 0.6 is 27.7 Å². The summed E-state index contributed by atoms with van der Waals surface area (Å²) in [6.07, 6.45) is -0.462. The van der Waals surface area contributed by atoms with Crippen molar-refractivity contribution in [3.8, 4) is 0 Å². The predicted molar refractivity (Wildman–Crippen MR) is 87.2 cm³/mol.